The van der Waals surface area contributed by atoms with Gasteiger partial charge in [-0.25, -0.2) is 4.79 Å². The smallest absolute Gasteiger partial charge is 0.345 e. The summed E-state index contributed by atoms with van der Waals surface area (Å²) in [5.74, 6) is 1.48. The molecule has 3 aromatic rings. The van der Waals surface area contributed by atoms with E-state index in [1.807, 2.05) is 13.0 Å². The van der Waals surface area contributed by atoms with Crippen molar-refractivity contribution in [2.75, 3.05) is 27.4 Å². The van der Waals surface area contributed by atoms with Crippen LogP contribution in [0.1, 0.15) is 64.7 Å². The fourth-order valence-electron chi connectivity index (χ4n) is 4.00. The maximum atomic E-state index is 12.7. The zero-order valence-corrected chi connectivity index (χ0v) is 22.0. The van der Waals surface area contributed by atoms with E-state index < -0.39 is 5.63 Å². The van der Waals surface area contributed by atoms with Crippen LogP contribution >= 0.6 is 0 Å². The first kappa shape index (κ1) is 28.0. The Labute approximate surface area is 217 Å². The standard InChI is InChI=1S/C29H37NO7/c1-4-27(31)36-18-12-10-8-6-5-7-9-11-17-35-26-16-13-21-19-24(29(32)37-28(21)30-26)23-15-14-22(33-2)20-25(23)34-3/h13-16,19-20H,4-12,17-18H2,1-3H3. The van der Waals surface area contributed by atoms with E-state index in [0.29, 0.717) is 53.5 Å². The van der Waals surface area contributed by atoms with E-state index in [-0.39, 0.29) is 11.7 Å². The topological polar surface area (TPSA) is 97.1 Å². The first-order valence-corrected chi connectivity index (χ1v) is 13.0. The summed E-state index contributed by atoms with van der Waals surface area (Å²) >= 11 is 0. The molecular weight excluding hydrogens is 474 g/mol. The van der Waals surface area contributed by atoms with Gasteiger partial charge in [0.2, 0.25) is 11.6 Å². The molecule has 0 saturated heterocycles. The average Bonchev–Trinajstić information content (AvgIpc) is 2.92. The molecule has 0 radical (unpaired) electrons. The molecule has 0 aliphatic heterocycles. The predicted molar refractivity (Wildman–Crippen MR) is 142 cm³/mol. The number of nitrogens with zero attached hydrogens (tertiary/aromatic N) is 1. The van der Waals surface area contributed by atoms with Crippen LogP contribution in [0.25, 0.3) is 22.2 Å². The highest BCUT2D eigenvalue weighted by Gasteiger charge is 2.14. The molecule has 0 spiro atoms. The van der Waals surface area contributed by atoms with Crippen molar-refractivity contribution >= 4 is 17.1 Å². The summed E-state index contributed by atoms with van der Waals surface area (Å²) in [5.41, 5.74) is 0.755. The van der Waals surface area contributed by atoms with Gasteiger partial charge in [0.1, 0.15) is 11.5 Å². The summed E-state index contributed by atoms with van der Waals surface area (Å²) in [5, 5.41) is 0.698. The van der Waals surface area contributed by atoms with E-state index in [2.05, 4.69) is 4.98 Å². The van der Waals surface area contributed by atoms with Gasteiger partial charge in [0.05, 0.1) is 33.0 Å². The van der Waals surface area contributed by atoms with Crippen molar-refractivity contribution in [1.82, 2.24) is 4.98 Å². The molecule has 3 rings (SSSR count). The van der Waals surface area contributed by atoms with E-state index in [1.165, 1.54) is 19.3 Å². The van der Waals surface area contributed by atoms with Gasteiger partial charge in [-0.3, -0.25) is 4.79 Å². The Bertz CT molecular complexity index is 1200. The van der Waals surface area contributed by atoms with Gasteiger partial charge in [0.25, 0.3) is 0 Å². The summed E-state index contributed by atoms with van der Waals surface area (Å²) in [6.45, 7) is 2.91. The lowest BCUT2D eigenvalue weighted by Gasteiger charge is -2.10. The summed E-state index contributed by atoms with van der Waals surface area (Å²) in [6.07, 6.45) is 9.21. The van der Waals surface area contributed by atoms with E-state index in [0.717, 1.165) is 32.1 Å². The van der Waals surface area contributed by atoms with Gasteiger partial charge < -0.3 is 23.4 Å². The minimum atomic E-state index is -0.498. The number of hydrogen-bond acceptors (Lipinski definition) is 8. The molecule has 0 aliphatic rings. The third kappa shape index (κ3) is 8.51. The second kappa shape index (κ2) is 14.9. The maximum Gasteiger partial charge on any atom is 0.345 e. The van der Waals surface area contributed by atoms with Crippen LogP contribution in [0.2, 0.25) is 0 Å². The molecule has 0 fully saturated rings. The normalized spacial score (nSPS) is 10.9. The average molecular weight is 512 g/mol. The number of esters is 1. The fourth-order valence-corrected chi connectivity index (χ4v) is 4.00. The van der Waals surface area contributed by atoms with Gasteiger partial charge >= 0.3 is 11.6 Å². The number of hydrogen-bond donors (Lipinski definition) is 0. The molecule has 0 unspecified atom stereocenters. The Kier molecular flexibility index (Phi) is 11.3. The van der Waals surface area contributed by atoms with Gasteiger partial charge in [-0.2, -0.15) is 4.98 Å². The van der Waals surface area contributed by atoms with Crippen LogP contribution in [0.3, 0.4) is 0 Å². The molecule has 0 atom stereocenters. The molecule has 2 heterocycles. The first-order valence-electron chi connectivity index (χ1n) is 13.0. The second-order valence-corrected chi connectivity index (χ2v) is 8.81. The molecule has 0 bridgehead atoms. The zero-order valence-electron chi connectivity index (χ0n) is 22.0. The highest BCUT2D eigenvalue weighted by Crippen LogP contribution is 2.33. The minimum absolute atomic E-state index is 0.120. The first-order chi connectivity index (χ1) is 18.0. The number of methoxy groups -OCH3 is 2. The summed E-state index contributed by atoms with van der Waals surface area (Å²) in [4.78, 5) is 28.2. The Morgan fingerprint density at radius 3 is 2.22 bits per heavy atom. The van der Waals surface area contributed by atoms with Crippen molar-refractivity contribution in [3.63, 3.8) is 0 Å². The van der Waals surface area contributed by atoms with Gasteiger partial charge in [0, 0.05) is 29.5 Å². The number of carbonyl (C=O) groups is 1. The maximum absolute atomic E-state index is 12.7. The van der Waals surface area contributed by atoms with Crippen molar-refractivity contribution < 1.29 is 28.2 Å². The Balaban J connectivity index is 1.42. The number of rotatable bonds is 16. The summed E-state index contributed by atoms with van der Waals surface area (Å²) < 4.78 is 27.0. The number of carbonyl (C=O) groups excluding carboxylic acids is 1. The van der Waals surface area contributed by atoms with Crippen LogP contribution in [0.15, 0.2) is 45.6 Å². The van der Waals surface area contributed by atoms with Crippen molar-refractivity contribution in [2.24, 2.45) is 0 Å². The van der Waals surface area contributed by atoms with E-state index in [4.69, 9.17) is 23.4 Å². The number of benzene rings is 1. The SMILES string of the molecule is CCC(=O)OCCCCCCCCCCOc1ccc2cc(-c3ccc(OC)cc3OC)c(=O)oc2n1. The van der Waals surface area contributed by atoms with Crippen molar-refractivity contribution in [2.45, 2.75) is 64.7 Å². The molecule has 37 heavy (non-hydrogen) atoms. The predicted octanol–water partition coefficient (Wildman–Crippen LogP) is 6.33. The third-order valence-corrected chi connectivity index (χ3v) is 6.11. The zero-order chi connectivity index (χ0) is 26.5. The lowest BCUT2D eigenvalue weighted by atomic mass is 10.1. The quantitative estimate of drug-likeness (QED) is 0.163. The van der Waals surface area contributed by atoms with Crippen molar-refractivity contribution in [3.05, 3.63) is 46.8 Å². The molecule has 0 aliphatic carbocycles. The number of fused-ring (bicyclic) bond motifs is 1. The summed E-state index contributed by atoms with van der Waals surface area (Å²) in [7, 11) is 3.12. The Hall–Kier alpha value is -3.55. The molecule has 200 valence electrons. The molecule has 2 aromatic heterocycles. The van der Waals surface area contributed by atoms with Gasteiger partial charge in [-0.05, 0) is 37.1 Å². The number of pyridine rings is 1. The highest BCUT2D eigenvalue weighted by molar-refractivity contribution is 5.81. The molecule has 0 N–H and O–H groups in total. The van der Waals surface area contributed by atoms with Crippen LogP contribution in [0, 0.1) is 0 Å². The minimum Gasteiger partial charge on any atom is -0.497 e. The van der Waals surface area contributed by atoms with E-state index in [9.17, 15) is 9.59 Å². The lowest BCUT2D eigenvalue weighted by Crippen LogP contribution is -2.05. The van der Waals surface area contributed by atoms with Crippen LogP contribution in [0.4, 0.5) is 0 Å². The van der Waals surface area contributed by atoms with Gasteiger partial charge in [0.15, 0.2) is 0 Å². The van der Waals surface area contributed by atoms with E-state index >= 15 is 0 Å². The largest absolute Gasteiger partial charge is 0.497 e. The lowest BCUT2D eigenvalue weighted by molar-refractivity contribution is -0.143. The molecule has 1 aromatic carbocycles. The Morgan fingerprint density at radius 2 is 1.54 bits per heavy atom. The summed E-state index contributed by atoms with van der Waals surface area (Å²) in [6, 6.07) is 10.6. The third-order valence-electron chi connectivity index (χ3n) is 6.11. The number of aromatic nitrogens is 1. The van der Waals surface area contributed by atoms with Crippen molar-refractivity contribution in [3.8, 4) is 28.5 Å². The van der Waals surface area contributed by atoms with E-state index in [1.54, 1.807) is 44.6 Å². The van der Waals surface area contributed by atoms with Crippen LogP contribution in [-0.4, -0.2) is 38.4 Å². The number of unbranched alkanes of at least 4 members (excludes halogenated alkanes) is 7. The monoisotopic (exact) mass is 511 g/mol. The highest BCUT2D eigenvalue weighted by atomic mass is 16.5. The molecule has 0 amide bonds. The molecule has 8 nitrogen and oxygen atoms in total. The van der Waals surface area contributed by atoms with Crippen LogP contribution in [-0.2, 0) is 9.53 Å². The molecular formula is C29H37NO7. The second-order valence-electron chi connectivity index (χ2n) is 8.81. The van der Waals surface area contributed by atoms with Crippen LogP contribution < -0.4 is 19.8 Å². The van der Waals surface area contributed by atoms with Crippen molar-refractivity contribution in [1.29, 1.82) is 0 Å². The number of ether oxygens (including phenoxy) is 4. The molecule has 0 saturated carbocycles. The van der Waals surface area contributed by atoms with Crippen LogP contribution in [0.5, 0.6) is 17.4 Å². The Morgan fingerprint density at radius 1 is 0.838 bits per heavy atom. The van der Waals surface area contributed by atoms with Gasteiger partial charge in [-0.1, -0.05) is 45.4 Å². The molecule has 8 heteroatoms. The van der Waals surface area contributed by atoms with Gasteiger partial charge in [-0.15, -0.1) is 0 Å². The fraction of sp³-hybridized carbons (Fsp3) is 0.483.